The Balaban J connectivity index is 1.07. The molecule has 0 unspecified atom stereocenters. The van der Waals surface area contributed by atoms with Crippen molar-refractivity contribution in [2.45, 2.75) is 28.8 Å². The smallest absolute Gasteiger partial charge is 0.418 e. The monoisotopic (exact) mass is 711 g/mol. The summed E-state index contributed by atoms with van der Waals surface area (Å²) in [6, 6.07) is 18.6. The zero-order chi connectivity index (χ0) is 33.5. The van der Waals surface area contributed by atoms with Crippen molar-refractivity contribution < 1.29 is 32.3 Å². The molecular formula is C34H25ClF3N3O5S2. The standard InChI is InChI=1S/C34H25ClF3N3O5S2/c35-16-7-9-17(10-8-16)39-23(42)14-46-18-11-5-15(6-12-18)24-25-19-13-20(28(25)47-30-29(24)48-33(45)40-30)27-26(19)31(43)41(32(27)44)22-4-2-1-3-21(22)34(36,37)38/h1-12,19-20,24-28H,13-14H2,(H,39,42)(H,40,45)/t19-,20-,24+,25-,26+,27+,28-/m1/s1. The summed E-state index contributed by atoms with van der Waals surface area (Å²) in [4.78, 5) is 57.1. The Hall–Kier alpha value is -4.07. The number of amides is 3. The van der Waals surface area contributed by atoms with Gasteiger partial charge in [-0.25, -0.2) is 4.90 Å². The Morgan fingerprint density at radius 2 is 1.65 bits per heavy atom. The lowest BCUT2D eigenvalue weighted by molar-refractivity contribution is -0.137. The quantitative estimate of drug-likeness (QED) is 0.213. The molecule has 2 aliphatic heterocycles. The predicted molar refractivity (Wildman–Crippen MR) is 174 cm³/mol. The summed E-state index contributed by atoms with van der Waals surface area (Å²) < 4.78 is 47.6. The second-order valence-electron chi connectivity index (χ2n) is 12.4. The number of H-pyrrole nitrogens is 1. The number of hydrogen-bond acceptors (Lipinski definition) is 7. The lowest BCUT2D eigenvalue weighted by Gasteiger charge is -2.43. The molecule has 2 N–H and O–H groups in total. The summed E-state index contributed by atoms with van der Waals surface area (Å²) in [6.07, 6.45) is -4.14. The molecule has 2 bridgehead atoms. The lowest BCUT2D eigenvalue weighted by atomic mass is 9.68. The molecule has 1 saturated heterocycles. The average molecular weight is 712 g/mol. The topological polar surface area (TPSA) is 109 Å². The van der Waals surface area contributed by atoms with E-state index in [-0.39, 0.29) is 46.3 Å². The van der Waals surface area contributed by atoms with E-state index in [2.05, 4.69) is 10.3 Å². The van der Waals surface area contributed by atoms with E-state index in [1.807, 2.05) is 12.1 Å². The predicted octanol–water partition coefficient (Wildman–Crippen LogP) is 6.80. The van der Waals surface area contributed by atoms with Crippen molar-refractivity contribution in [3.8, 4) is 5.75 Å². The molecule has 3 aromatic carbocycles. The highest BCUT2D eigenvalue weighted by atomic mass is 35.5. The van der Waals surface area contributed by atoms with Crippen molar-refractivity contribution in [3.63, 3.8) is 0 Å². The SMILES string of the molecule is O=C(COc1ccc([C@@H]2c3sc(=O)[nH]c3S[C@@H]3[C@@H]4C[C@@H]([C@@H]5C(=O)N(c6ccccc6C(F)(F)F)C(=O)[C@@H]45)[C@H]23)cc1)Nc1ccc(Cl)cc1. The molecule has 2 saturated carbocycles. The molecule has 48 heavy (non-hydrogen) atoms. The summed E-state index contributed by atoms with van der Waals surface area (Å²) in [6.45, 7) is -0.229. The zero-order valence-electron chi connectivity index (χ0n) is 24.7. The van der Waals surface area contributed by atoms with Crippen LogP contribution < -0.4 is 19.8 Å². The molecule has 4 aromatic rings. The zero-order valence-corrected chi connectivity index (χ0v) is 27.1. The number of thioether (sulfide) groups is 1. The number of carbonyl (C=O) groups is 3. The number of aromatic nitrogens is 1. The second kappa shape index (κ2) is 11.5. The Morgan fingerprint density at radius 1 is 0.958 bits per heavy atom. The minimum absolute atomic E-state index is 0.124. The van der Waals surface area contributed by atoms with Gasteiger partial charge >= 0.3 is 11.0 Å². The van der Waals surface area contributed by atoms with Gasteiger partial charge < -0.3 is 15.0 Å². The number of carbonyl (C=O) groups excluding carboxylic acids is 3. The van der Waals surface area contributed by atoms with Crippen molar-refractivity contribution in [3.05, 3.63) is 103 Å². The Kier molecular flexibility index (Phi) is 7.49. The van der Waals surface area contributed by atoms with E-state index in [1.165, 1.54) is 30.0 Å². The van der Waals surface area contributed by atoms with Gasteiger partial charge in [0.05, 0.1) is 28.1 Å². The molecule has 2 aliphatic carbocycles. The molecule has 3 amide bonds. The van der Waals surface area contributed by atoms with Crippen molar-refractivity contribution >= 4 is 63.8 Å². The molecule has 3 heterocycles. The van der Waals surface area contributed by atoms with Gasteiger partial charge in [-0.05, 0) is 78.3 Å². The molecule has 7 atom stereocenters. The fourth-order valence-corrected chi connectivity index (χ4v) is 11.2. The second-order valence-corrected chi connectivity index (χ2v) is 15.0. The summed E-state index contributed by atoms with van der Waals surface area (Å²) in [5.41, 5.74) is 0.00701. The number of alkyl halides is 3. The van der Waals surface area contributed by atoms with Crippen LogP contribution in [0, 0.1) is 29.6 Å². The van der Waals surface area contributed by atoms with Gasteiger partial charge in [-0.3, -0.25) is 19.2 Å². The van der Waals surface area contributed by atoms with E-state index in [4.69, 9.17) is 16.3 Å². The molecule has 8 nitrogen and oxygen atoms in total. The minimum Gasteiger partial charge on any atom is -0.484 e. The van der Waals surface area contributed by atoms with Crippen molar-refractivity contribution in [2.24, 2.45) is 29.6 Å². The van der Waals surface area contributed by atoms with E-state index in [0.717, 1.165) is 37.8 Å². The number of hydrogen-bond donors (Lipinski definition) is 2. The van der Waals surface area contributed by atoms with Gasteiger partial charge in [0.1, 0.15) is 5.75 Å². The van der Waals surface area contributed by atoms with Crippen LogP contribution in [-0.2, 0) is 20.6 Å². The van der Waals surface area contributed by atoms with Crippen molar-refractivity contribution in [2.75, 3.05) is 16.8 Å². The summed E-state index contributed by atoms with van der Waals surface area (Å²) in [5.74, 6) is -3.46. The van der Waals surface area contributed by atoms with E-state index in [9.17, 15) is 32.3 Å². The lowest BCUT2D eigenvalue weighted by Crippen LogP contribution is -2.42. The molecule has 14 heteroatoms. The number of halogens is 4. The summed E-state index contributed by atoms with van der Waals surface area (Å²) in [5, 5.41) is 3.88. The van der Waals surface area contributed by atoms with Gasteiger partial charge in [-0.1, -0.05) is 47.2 Å². The van der Waals surface area contributed by atoms with E-state index >= 15 is 0 Å². The first-order chi connectivity index (χ1) is 23.0. The maximum Gasteiger partial charge on any atom is 0.418 e. The van der Waals surface area contributed by atoms with Gasteiger partial charge in [0, 0.05) is 26.8 Å². The molecule has 8 rings (SSSR count). The van der Waals surface area contributed by atoms with Gasteiger partial charge in [0.15, 0.2) is 6.61 Å². The third-order valence-electron chi connectivity index (χ3n) is 9.91. The fraction of sp³-hybridized carbons (Fsp3) is 0.294. The minimum atomic E-state index is -4.74. The third kappa shape index (κ3) is 5.05. The van der Waals surface area contributed by atoms with Crippen LogP contribution in [0.2, 0.25) is 5.02 Å². The van der Waals surface area contributed by atoms with Gasteiger partial charge in [-0.2, -0.15) is 13.2 Å². The van der Waals surface area contributed by atoms with Crippen molar-refractivity contribution in [1.29, 1.82) is 0 Å². The van der Waals surface area contributed by atoms with Gasteiger partial charge in [0.25, 0.3) is 5.91 Å². The highest BCUT2D eigenvalue weighted by Gasteiger charge is 2.70. The van der Waals surface area contributed by atoms with E-state index in [1.54, 1.807) is 36.4 Å². The maximum atomic E-state index is 14.0. The number of para-hydroxylation sites is 1. The Morgan fingerprint density at radius 3 is 2.35 bits per heavy atom. The number of ether oxygens (including phenoxy) is 1. The van der Waals surface area contributed by atoms with Crippen LogP contribution in [0.5, 0.6) is 5.75 Å². The number of rotatable bonds is 6. The third-order valence-corrected chi connectivity index (χ3v) is 12.8. The normalized spacial score (nSPS) is 27.1. The number of fused-ring (bicyclic) bond motifs is 9. The molecule has 0 spiro atoms. The average Bonchev–Trinajstić information content (AvgIpc) is 3.80. The molecule has 0 radical (unpaired) electrons. The Bertz CT molecular complexity index is 2020. The first kappa shape index (κ1) is 31.2. The van der Waals surface area contributed by atoms with E-state index < -0.39 is 41.1 Å². The van der Waals surface area contributed by atoms with Crippen molar-refractivity contribution in [1.82, 2.24) is 4.98 Å². The van der Waals surface area contributed by atoms with Crippen LogP contribution in [0.15, 0.2) is 82.6 Å². The number of nitrogens with zero attached hydrogens (tertiary/aromatic N) is 1. The van der Waals surface area contributed by atoms with Crippen LogP contribution in [-0.4, -0.2) is 34.6 Å². The number of nitrogens with one attached hydrogen (secondary N) is 2. The summed E-state index contributed by atoms with van der Waals surface area (Å²) in [7, 11) is 0. The number of anilines is 2. The number of aromatic amines is 1. The first-order valence-electron chi connectivity index (χ1n) is 15.2. The van der Waals surface area contributed by atoms with Crippen LogP contribution in [0.3, 0.4) is 0 Å². The van der Waals surface area contributed by atoms with Crippen LogP contribution >= 0.6 is 34.7 Å². The van der Waals surface area contributed by atoms with E-state index in [0.29, 0.717) is 22.9 Å². The van der Waals surface area contributed by atoms with Crippen LogP contribution in [0.4, 0.5) is 24.5 Å². The highest BCUT2D eigenvalue weighted by Crippen LogP contribution is 2.69. The fourth-order valence-electron chi connectivity index (χ4n) is 8.19. The molecule has 1 aromatic heterocycles. The first-order valence-corrected chi connectivity index (χ1v) is 17.3. The highest BCUT2D eigenvalue weighted by molar-refractivity contribution is 8.00. The number of thiazole rings is 1. The molecule has 246 valence electrons. The largest absolute Gasteiger partial charge is 0.484 e. The molecule has 3 fully saturated rings. The van der Waals surface area contributed by atoms with Crippen LogP contribution in [0.1, 0.15) is 28.3 Å². The Labute approximate surface area is 284 Å². The summed E-state index contributed by atoms with van der Waals surface area (Å²) >= 11 is 8.50. The number of benzene rings is 3. The van der Waals surface area contributed by atoms with Gasteiger partial charge in [0.2, 0.25) is 11.8 Å². The molecular weight excluding hydrogens is 687 g/mol. The maximum absolute atomic E-state index is 14.0. The number of imide groups is 1. The molecule has 4 aliphatic rings. The van der Waals surface area contributed by atoms with Gasteiger partial charge in [-0.15, -0.1) is 11.8 Å². The van der Waals surface area contributed by atoms with Crippen LogP contribution in [0.25, 0.3) is 0 Å².